The number of fused-ring (bicyclic) bond motifs is 1. The Kier molecular flexibility index (Phi) is 4.64. The van der Waals surface area contributed by atoms with E-state index in [1.807, 2.05) is 27.7 Å². The van der Waals surface area contributed by atoms with Crippen molar-refractivity contribution in [3.05, 3.63) is 0 Å². The molecule has 14 radical (unpaired) electrons. The van der Waals surface area contributed by atoms with Crippen LogP contribution in [-0.2, 0) is 9.31 Å². The lowest BCUT2D eigenvalue weighted by atomic mass is 9.55. The molecule has 2 nitrogen and oxygen atoms in total. The molecule has 1 fully saturated rings. The van der Waals surface area contributed by atoms with Crippen molar-refractivity contribution in [3.63, 3.8) is 0 Å². The van der Waals surface area contributed by atoms with Gasteiger partial charge in [-0.3, -0.25) is 0 Å². The number of hydrogen-bond donors (Lipinski definition) is 0. The molecule has 0 atom stereocenters. The maximum atomic E-state index is 6.41. The van der Waals surface area contributed by atoms with Crippen molar-refractivity contribution < 1.29 is 9.31 Å². The highest BCUT2D eigenvalue weighted by Gasteiger charge is 2.52. The monoisotopic (exact) mass is 324 g/mol. The van der Waals surface area contributed by atoms with Gasteiger partial charge in [-0.15, -0.1) is 16.4 Å². The highest BCUT2D eigenvalue weighted by molar-refractivity contribution is 6.79. The van der Waals surface area contributed by atoms with Gasteiger partial charge in [0.15, 0.2) is 0 Å². The summed E-state index contributed by atoms with van der Waals surface area (Å²) in [6.45, 7) is 7.70. The third-order valence-corrected chi connectivity index (χ3v) is 5.56. The molecule has 2 aromatic rings. The van der Waals surface area contributed by atoms with E-state index >= 15 is 0 Å². The molecule has 0 saturated carbocycles. The van der Waals surface area contributed by atoms with Gasteiger partial charge in [0.25, 0.3) is 0 Å². The Morgan fingerprint density at radius 3 is 1.31 bits per heavy atom. The van der Waals surface area contributed by atoms with E-state index in [0.717, 1.165) is 0 Å². The number of benzene rings is 2. The van der Waals surface area contributed by atoms with Gasteiger partial charge >= 0.3 is 7.12 Å². The Morgan fingerprint density at radius 1 is 0.538 bits per heavy atom. The fourth-order valence-corrected chi connectivity index (χ4v) is 3.16. The zero-order valence-electron chi connectivity index (χ0n) is 15.4. The maximum Gasteiger partial charge on any atom is 0.493 e. The van der Waals surface area contributed by atoms with Crippen molar-refractivity contribution in [2.45, 2.75) is 38.9 Å². The average Bonchev–Trinajstić information content (AvgIpc) is 2.74. The molecule has 1 aliphatic rings. The second-order valence-electron chi connectivity index (χ2n) is 7.65. The van der Waals surface area contributed by atoms with Gasteiger partial charge in [-0.05, 0) is 43.9 Å². The van der Waals surface area contributed by atoms with Crippen LogP contribution in [0, 0.1) is 0 Å². The largest absolute Gasteiger partial charge is 0.493 e. The fraction of sp³-hybridized carbons (Fsp3) is 0.375. The number of rotatable bonds is 1. The predicted octanol–water partition coefficient (Wildman–Crippen LogP) is -5.30. The van der Waals surface area contributed by atoms with Crippen molar-refractivity contribution in [1.82, 2.24) is 0 Å². The van der Waals surface area contributed by atoms with Gasteiger partial charge in [-0.2, -0.15) is 0 Å². The van der Waals surface area contributed by atoms with E-state index in [1.165, 1.54) is 0 Å². The summed E-state index contributed by atoms with van der Waals surface area (Å²) in [4.78, 5) is 0. The van der Waals surface area contributed by atoms with Crippen LogP contribution in [0.4, 0.5) is 0 Å². The number of hydrogen-bond acceptors (Lipinski definition) is 2. The second kappa shape index (κ2) is 6.07. The van der Waals surface area contributed by atoms with Crippen molar-refractivity contribution in [1.29, 1.82) is 0 Å². The van der Waals surface area contributed by atoms with Gasteiger partial charge in [0.2, 0.25) is 0 Å². The van der Waals surface area contributed by atoms with Crippen molar-refractivity contribution in [2.24, 2.45) is 0 Å². The summed E-state index contributed by atoms with van der Waals surface area (Å²) in [7, 11) is 42.3. The highest BCUT2D eigenvalue weighted by Crippen LogP contribution is 2.36. The first-order chi connectivity index (χ1) is 11.8. The lowest BCUT2D eigenvalue weighted by molar-refractivity contribution is 0.00578. The molecule has 1 aliphatic heterocycles. The molecule has 0 bridgehead atoms. The normalized spacial score (nSPS) is 18.5. The molecular weight excluding hydrogens is 311 g/mol. The summed E-state index contributed by atoms with van der Waals surface area (Å²) in [6, 6.07) is 0. The van der Waals surface area contributed by atoms with Gasteiger partial charge in [0.05, 0.1) is 11.2 Å². The zero-order valence-corrected chi connectivity index (χ0v) is 15.4. The summed E-state index contributed by atoms with van der Waals surface area (Å²) in [5.41, 5.74) is 0.575. The molecular formula is C16H12B8O2. The van der Waals surface area contributed by atoms with Crippen LogP contribution in [0.5, 0.6) is 0 Å². The van der Waals surface area contributed by atoms with Crippen LogP contribution in [0.3, 0.4) is 0 Å². The lowest BCUT2D eigenvalue weighted by Crippen LogP contribution is -2.61. The van der Waals surface area contributed by atoms with Crippen molar-refractivity contribution in [3.8, 4) is 0 Å². The molecule has 112 valence electrons. The molecule has 3 rings (SSSR count). The highest BCUT2D eigenvalue weighted by atomic mass is 16.7. The van der Waals surface area contributed by atoms with Gasteiger partial charge in [0.1, 0.15) is 54.9 Å². The third kappa shape index (κ3) is 2.59. The Balaban J connectivity index is 2.37. The standard InChI is InChI=1S/C16H12B8O2/c1-15(2)16(3,4)26-24(25-15)14-10(20)6-5(9(19)13(14)23)7(17)11(21)12(22)8(6)18/h1-4H3. The first kappa shape index (κ1) is 19.9. The minimum Gasteiger partial charge on any atom is -0.399 e. The molecule has 1 saturated heterocycles. The van der Waals surface area contributed by atoms with E-state index in [9.17, 15) is 0 Å². The Bertz CT molecular complexity index is 922. The zero-order chi connectivity index (χ0) is 19.8. The summed E-state index contributed by atoms with van der Waals surface area (Å²) < 4.78 is 12.1. The molecule has 0 aromatic heterocycles. The molecule has 10 heteroatoms. The van der Waals surface area contributed by atoms with E-state index in [1.54, 1.807) is 0 Å². The Morgan fingerprint density at radius 2 is 0.885 bits per heavy atom. The quantitative estimate of drug-likeness (QED) is 0.488. The molecule has 2 aromatic carbocycles. The van der Waals surface area contributed by atoms with Gasteiger partial charge in [-0.1, -0.05) is 21.9 Å². The summed E-state index contributed by atoms with van der Waals surface area (Å²) in [6.07, 6.45) is 0. The van der Waals surface area contributed by atoms with Gasteiger partial charge in [-0.25, -0.2) is 0 Å². The van der Waals surface area contributed by atoms with E-state index in [2.05, 4.69) is 0 Å². The van der Waals surface area contributed by atoms with Crippen LogP contribution in [-0.4, -0.2) is 73.2 Å². The van der Waals surface area contributed by atoms with Gasteiger partial charge in [0, 0.05) is 0 Å². The van der Waals surface area contributed by atoms with E-state index < -0.39 is 18.3 Å². The summed E-state index contributed by atoms with van der Waals surface area (Å²) in [5.74, 6) is 0. The van der Waals surface area contributed by atoms with Crippen molar-refractivity contribution >= 4 is 117 Å². The molecule has 0 aliphatic carbocycles. The minimum atomic E-state index is -0.814. The van der Waals surface area contributed by atoms with Crippen LogP contribution < -0.4 is 43.7 Å². The SMILES string of the molecule is [B]c1c([B])c([B])c2c([B])c(B3OC(C)(C)C(C)(C)O3)c([B])c([B])c2c1[B]. The molecule has 0 unspecified atom stereocenters. The van der Waals surface area contributed by atoms with Crippen LogP contribution in [0.1, 0.15) is 27.7 Å². The smallest absolute Gasteiger partial charge is 0.399 e. The van der Waals surface area contributed by atoms with Gasteiger partial charge < -0.3 is 9.31 Å². The molecule has 0 N–H and O–H groups in total. The first-order valence-electron chi connectivity index (χ1n) is 8.19. The van der Waals surface area contributed by atoms with Crippen LogP contribution in [0.2, 0.25) is 0 Å². The van der Waals surface area contributed by atoms with Crippen LogP contribution >= 0.6 is 0 Å². The predicted molar refractivity (Wildman–Crippen MR) is 117 cm³/mol. The summed E-state index contributed by atoms with van der Waals surface area (Å²) in [5, 5.41) is 0.773. The lowest BCUT2D eigenvalue weighted by Gasteiger charge is -2.32. The van der Waals surface area contributed by atoms with Crippen LogP contribution in [0.25, 0.3) is 10.8 Å². The Labute approximate surface area is 164 Å². The summed E-state index contributed by atoms with van der Waals surface area (Å²) >= 11 is 0. The van der Waals surface area contributed by atoms with E-state index in [-0.39, 0.29) is 38.2 Å². The minimum absolute atomic E-state index is 0.142. The Hall–Kier alpha value is -0.861. The van der Waals surface area contributed by atoms with Crippen LogP contribution in [0.15, 0.2) is 0 Å². The maximum absolute atomic E-state index is 6.41. The van der Waals surface area contributed by atoms with Crippen molar-refractivity contribution in [2.75, 3.05) is 0 Å². The second-order valence-corrected chi connectivity index (χ2v) is 7.65. The fourth-order valence-electron chi connectivity index (χ4n) is 3.16. The molecule has 0 amide bonds. The first-order valence-corrected chi connectivity index (χ1v) is 8.19. The molecule has 1 heterocycles. The topological polar surface area (TPSA) is 18.5 Å². The average molecular weight is 323 g/mol. The molecule has 0 spiro atoms. The molecule has 26 heavy (non-hydrogen) atoms. The van der Waals surface area contributed by atoms with E-state index in [0.29, 0.717) is 16.2 Å². The third-order valence-electron chi connectivity index (χ3n) is 5.56. The van der Waals surface area contributed by atoms with E-state index in [4.69, 9.17) is 64.2 Å².